The lowest BCUT2D eigenvalue weighted by molar-refractivity contribution is 0.0649. The molecular weight excluding hydrogens is 418 g/mol. The number of hydrogen-bond donors (Lipinski definition) is 0. The van der Waals surface area contributed by atoms with Crippen LogP contribution in [0.5, 0.6) is 11.5 Å². The number of nitrogens with zero attached hydrogens (tertiary/aromatic N) is 1. The summed E-state index contributed by atoms with van der Waals surface area (Å²) in [4.78, 5) is 15.4. The van der Waals surface area contributed by atoms with Crippen LogP contribution >= 0.6 is 0 Å². The van der Waals surface area contributed by atoms with Crippen LogP contribution in [0.1, 0.15) is 17.7 Å². The molecule has 31 heavy (non-hydrogen) atoms. The van der Waals surface area contributed by atoms with Crippen molar-refractivity contribution < 1.29 is 22.3 Å². The maximum atomic E-state index is 13.4. The molecule has 0 spiro atoms. The van der Waals surface area contributed by atoms with Crippen LogP contribution in [0.4, 0.5) is 0 Å². The van der Waals surface area contributed by atoms with E-state index in [1.165, 1.54) is 0 Å². The highest BCUT2D eigenvalue weighted by atomic mass is 32.2. The molecule has 0 radical (unpaired) electrons. The number of ether oxygens (including phenoxy) is 2. The normalized spacial score (nSPS) is 20.4. The third-order valence-corrected chi connectivity index (χ3v) is 7.90. The summed E-state index contributed by atoms with van der Waals surface area (Å²) in [5.41, 5.74) is 2.47. The molecule has 0 amide bonds. The van der Waals surface area contributed by atoms with Crippen molar-refractivity contribution in [2.24, 2.45) is 0 Å². The van der Waals surface area contributed by atoms with E-state index in [1.807, 2.05) is 29.2 Å². The quantitative estimate of drug-likeness (QED) is 0.617. The predicted molar refractivity (Wildman–Crippen MR) is 117 cm³/mol. The van der Waals surface area contributed by atoms with Gasteiger partial charge >= 0.3 is 0 Å². The lowest BCUT2D eigenvalue weighted by Gasteiger charge is -2.33. The highest BCUT2D eigenvalue weighted by Crippen LogP contribution is 2.35. The van der Waals surface area contributed by atoms with Gasteiger partial charge in [-0.05, 0) is 43.2 Å². The van der Waals surface area contributed by atoms with Gasteiger partial charge in [-0.15, -0.1) is 0 Å². The van der Waals surface area contributed by atoms with E-state index in [4.69, 9.17) is 13.9 Å². The molecule has 3 aromatic rings. The van der Waals surface area contributed by atoms with Crippen LogP contribution in [0, 0.1) is 6.92 Å². The van der Waals surface area contributed by atoms with Crippen molar-refractivity contribution in [2.75, 3.05) is 25.3 Å². The number of benzene rings is 2. The summed E-state index contributed by atoms with van der Waals surface area (Å²) < 4.78 is 41.1. The Bertz CT molecular complexity index is 1330. The van der Waals surface area contributed by atoms with Gasteiger partial charge in [-0.1, -0.05) is 12.1 Å². The molecule has 162 valence electrons. The Kier molecular flexibility index (Phi) is 4.79. The van der Waals surface area contributed by atoms with Crippen LogP contribution in [0.2, 0.25) is 0 Å². The summed E-state index contributed by atoms with van der Waals surface area (Å²) in [6.45, 7) is 2.59. The molecule has 1 unspecified atom stereocenters. The summed E-state index contributed by atoms with van der Waals surface area (Å²) in [5.74, 6) is 2.25. The van der Waals surface area contributed by atoms with Crippen LogP contribution < -0.4 is 14.9 Å². The van der Waals surface area contributed by atoms with E-state index in [0.29, 0.717) is 53.5 Å². The Labute approximate surface area is 180 Å². The molecule has 0 bridgehead atoms. The van der Waals surface area contributed by atoms with E-state index in [2.05, 4.69) is 0 Å². The molecule has 0 aliphatic carbocycles. The molecule has 2 aliphatic rings. The van der Waals surface area contributed by atoms with Gasteiger partial charge < -0.3 is 13.9 Å². The van der Waals surface area contributed by atoms with Gasteiger partial charge in [0.25, 0.3) is 0 Å². The first-order valence-electron chi connectivity index (χ1n) is 10.2. The zero-order valence-electron chi connectivity index (χ0n) is 17.4. The van der Waals surface area contributed by atoms with E-state index >= 15 is 0 Å². The largest absolute Gasteiger partial charge is 0.497 e. The van der Waals surface area contributed by atoms with Crippen molar-refractivity contribution in [3.8, 4) is 22.6 Å². The number of rotatable bonds is 3. The zero-order chi connectivity index (χ0) is 21.8. The summed E-state index contributed by atoms with van der Waals surface area (Å²) in [6, 6.07) is 10.8. The third-order valence-electron chi connectivity index (χ3n) is 6.15. The molecule has 3 heterocycles. The fourth-order valence-electron chi connectivity index (χ4n) is 4.48. The molecule has 2 aromatic carbocycles. The van der Waals surface area contributed by atoms with Gasteiger partial charge in [0.15, 0.2) is 9.84 Å². The zero-order valence-corrected chi connectivity index (χ0v) is 18.2. The van der Waals surface area contributed by atoms with Crippen molar-refractivity contribution in [1.29, 1.82) is 0 Å². The fraction of sp³-hybridized carbons (Fsp3) is 0.348. The summed E-state index contributed by atoms with van der Waals surface area (Å²) in [7, 11) is -1.40. The first kappa shape index (κ1) is 20.1. The maximum absolute atomic E-state index is 13.4. The standard InChI is InChI=1S/C23H23NO6S/c1-14-21(15-3-5-17(28-2)6-4-15)22(25)18-7-8-20-19(23(18)30-14)11-24(13-29-20)16-9-10-31(26,27)12-16/h3-8,16H,9-13H2,1-2H3. The monoisotopic (exact) mass is 441 g/mol. The third kappa shape index (κ3) is 3.49. The minimum Gasteiger partial charge on any atom is -0.497 e. The minimum absolute atomic E-state index is 0.0835. The molecule has 2 aliphatic heterocycles. The van der Waals surface area contributed by atoms with E-state index in [0.717, 1.165) is 11.1 Å². The Balaban J connectivity index is 1.58. The van der Waals surface area contributed by atoms with Gasteiger partial charge in [-0.2, -0.15) is 0 Å². The lowest BCUT2D eigenvalue weighted by Crippen LogP contribution is -2.41. The van der Waals surface area contributed by atoms with Crippen LogP contribution in [0.25, 0.3) is 22.1 Å². The molecule has 5 rings (SSSR count). The first-order chi connectivity index (χ1) is 14.9. The molecule has 0 saturated carbocycles. The summed E-state index contributed by atoms with van der Waals surface area (Å²) in [5, 5.41) is 0.486. The average molecular weight is 442 g/mol. The summed E-state index contributed by atoms with van der Waals surface area (Å²) in [6.07, 6.45) is 0.594. The van der Waals surface area contributed by atoms with Gasteiger partial charge in [0.05, 0.1) is 35.1 Å². The van der Waals surface area contributed by atoms with E-state index < -0.39 is 9.84 Å². The molecule has 8 heteroatoms. The lowest BCUT2D eigenvalue weighted by atomic mass is 10.00. The van der Waals surface area contributed by atoms with Crippen LogP contribution in [0.3, 0.4) is 0 Å². The molecule has 0 N–H and O–H groups in total. The molecule has 1 fully saturated rings. The first-order valence-corrected chi connectivity index (χ1v) is 12.0. The number of fused-ring (bicyclic) bond motifs is 3. The number of aryl methyl sites for hydroxylation is 1. The van der Waals surface area contributed by atoms with Gasteiger partial charge in [0, 0.05) is 12.6 Å². The topological polar surface area (TPSA) is 86.1 Å². The molecule has 1 atom stereocenters. The highest BCUT2D eigenvalue weighted by molar-refractivity contribution is 7.91. The second-order valence-electron chi connectivity index (χ2n) is 8.09. The van der Waals surface area contributed by atoms with E-state index in [-0.39, 0.29) is 23.0 Å². The van der Waals surface area contributed by atoms with Crippen molar-refractivity contribution in [1.82, 2.24) is 4.90 Å². The minimum atomic E-state index is -3.00. The van der Waals surface area contributed by atoms with Crippen LogP contribution in [-0.2, 0) is 16.4 Å². The second kappa shape index (κ2) is 7.39. The Morgan fingerprint density at radius 1 is 1.13 bits per heavy atom. The molecular formula is C23H23NO6S. The van der Waals surface area contributed by atoms with Crippen LogP contribution in [0.15, 0.2) is 45.6 Å². The number of methoxy groups -OCH3 is 1. The maximum Gasteiger partial charge on any atom is 0.200 e. The highest BCUT2D eigenvalue weighted by Gasteiger charge is 2.35. The Hall–Kier alpha value is -2.84. The van der Waals surface area contributed by atoms with Crippen LogP contribution in [-0.4, -0.2) is 44.7 Å². The fourth-order valence-corrected chi connectivity index (χ4v) is 6.24. The van der Waals surface area contributed by atoms with Gasteiger partial charge in [-0.25, -0.2) is 8.42 Å². The molecule has 7 nitrogen and oxygen atoms in total. The second-order valence-corrected chi connectivity index (χ2v) is 10.3. The molecule has 1 aromatic heterocycles. The predicted octanol–water partition coefficient (Wildman–Crippen LogP) is 3.12. The van der Waals surface area contributed by atoms with Crippen molar-refractivity contribution in [2.45, 2.75) is 25.9 Å². The van der Waals surface area contributed by atoms with Gasteiger partial charge in [0.1, 0.15) is 29.6 Å². The Morgan fingerprint density at radius 2 is 1.90 bits per heavy atom. The smallest absolute Gasteiger partial charge is 0.200 e. The van der Waals surface area contributed by atoms with Gasteiger partial charge in [-0.3, -0.25) is 9.69 Å². The number of hydrogen-bond acceptors (Lipinski definition) is 7. The average Bonchev–Trinajstić information content (AvgIpc) is 3.13. The summed E-state index contributed by atoms with van der Waals surface area (Å²) >= 11 is 0. The van der Waals surface area contributed by atoms with Crippen molar-refractivity contribution in [3.05, 3.63) is 57.9 Å². The number of sulfone groups is 1. The van der Waals surface area contributed by atoms with Crippen molar-refractivity contribution in [3.63, 3.8) is 0 Å². The van der Waals surface area contributed by atoms with E-state index in [9.17, 15) is 13.2 Å². The Morgan fingerprint density at radius 3 is 2.58 bits per heavy atom. The SMILES string of the molecule is COc1ccc(-c2c(C)oc3c4c(ccc3c2=O)OCN(C2CCS(=O)(=O)C2)C4)cc1. The van der Waals surface area contributed by atoms with E-state index in [1.54, 1.807) is 26.2 Å². The van der Waals surface area contributed by atoms with Crippen molar-refractivity contribution >= 4 is 20.8 Å². The van der Waals surface area contributed by atoms with Gasteiger partial charge in [0.2, 0.25) is 5.43 Å². The molecule has 1 saturated heterocycles.